The fourth-order valence-electron chi connectivity index (χ4n) is 3.73. The molecule has 0 radical (unpaired) electrons. The smallest absolute Gasteiger partial charge is 0.220 e. The van der Waals surface area contributed by atoms with Crippen molar-refractivity contribution in [1.29, 1.82) is 0 Å². The molecule has 3 rings (SSSR count). The van der Waals surface area contributed by atoms with Gasteiger partial charge in [-0.2, -0.15) is 0 Å². The summed E-state index contributed by atoms with van der Waals surface area (Å²) in [6.07, 6.45) is 2.27. The van der Waals surface area contributed by atoms with Crippen molar-refractivity contribution < 1.29 is 14.6 Å². The minimum absolute atomic E-state index is 0.0946. The monoisotopic (exact) mass is 424 g/mol. The number of nitrogens with zero attached hydrogens (tertiary/aromatic N) is 1. The van der Waals surface area contributed by atoms with Crippen molar-refractivity contribution in [3.63, 3.8) is 0 Å². The molecular formula is C26H36N2O3. The third kappa shape index (κ3) is 7.67. The Kier molecular flexibility index (Phi) is 8.10. The topological polar surface area (TPSA) is 61.8 Å². The molecule has 2 aromatic rings. The number of aliphatic hydroxyl groups excluding tert-OH is 1. The van der Waals surface area contributed by atoms with Crippen LogP contribution >= 0.6 is 0 Å². The van der Waals surface area contributed by atoms with Crippen LogP contribution in [0.25, 0.3) is 0 Å². The second-order valence-corrected chi connectivity index (χ2v) is 9.67. The van der Waals surface area contributed by atoms with E-state index < -0.39 is 0 Å². The second-order valence-electron chi connectivity index (χ2n) is 9.67. The van der Waals surface area contributed by atoms with Crippen molar-refractivity contribution in [1.82, 2.24) is 10.2 Å². The van der Waals surface area contributed by atoms with Gasteiger partial charge < -0.3 is 20.1 Å². The number of carbonyl (C=O) groups excluding carboxylic acids is 1. The Morgan fingerprint density at radius 3 is 2.29 bits per heavy atom. The van der Waals surface area contributed by atoms with E-state index in [-0.39, 0.29) is 17.4 Å². The van der Waals surface area contributed by atoms with Crippen LogP contribution in [-0.2, 0) is 11.3 Å². The number of amides is 1. The van der Waals surface area contributed by atoms with Crippen LogP contribution in [0.5, 0.6) is 11.5 Å². The van der Waals surface area contributed by atoms with Crippen LogP contribution in [0.3, 0.4) is 0 Å². The van der Waals surface area contributed by atoms with Crippen molar-refractivity contribution in [2.24, 2.45) is 11.3 Å². The third-order valence-electron chi connectivity index (χ3n) is 6.00. The van der Waals surface area contributed by atoms with E-state index in [4.69, 9.17) is 4.74 Å². The molecule has 1 fully saturated rings. The standard InChI is InChI=1S/C26H36N2O3/c1-26(2,3)24(29)19-28-15-13-20(14-16-28)17-25(30)27-18-21-9-11-23(12-10-21)31-22-7-5-4-6-8-22/h4-12,20,24,29H,13-19H2,1-3H3,(H,27,30). The molecule has 5 heteroatoms. The number of aliphatic hydroxyl groups is 1. The Morgan fingerprint density at radius 1 is 1.06 bits per heavy atom. The van der Waals surface area contributed by atoms with Crippen LogP contribution in [0.1, 0.15) is 45.6 Å². The maximum atomic E-state index is 12.4. The molecule has 1 heterocycles. The summed E-state index contributed by atoms with van der Waals surface area (Å²) in [5.74, 6) is 2.12. The molecule has 1 aliphatic rings. The van der Waals surface area contributed by atoms with E-state index in [1.165, 1.54) is 0 Å². The first-order valence-corrected chi connectivity index (χ1v) is 11.3. The number of ether oxygens (including phenoxy) is 1. The molecule has 0 bridgehead atoms. The normalized spacial score (nSPS) is 16.6. The molecular weight excluding hydrogens is 388 g/mol. The lowest BCUT2D eigenvalue weighted by atomic mass is 9.87. The summed E-state index contributed by atoms with van der Waals surface area (Å²) in [6.45, 7) is 9.35. The molecule has 1 atom stereocenters. The number of para-hydroxylation sites is 1. The van der Waals surface area contributed by atoms with E-state index in [9.17, 15) is 9.90 Å². The minimum Gasteiger partial charge on any atom is -0.457 e. The Hall–Kier alpha value is -2.37. The van der Waals surface area contributed by atoms with E-state index in [1.54, 1.807) is 0 Å². The van der Waals surface area contributed by atoms with Crippen LogP contribution in [0.2, 0.25) is 0 Å². The van der Waals surface area contributed by atoms with Gasteiger partial charge in [-0.3, -0.25) is 4.79 Å². The molecule has 168 valence electrons. The van der Waals surface area contributed by atoms with Gasteiger partial charge in [0.1, 0.15) is 11.5 Å². The molecule has 1 unspecified atom stereocenters. The zero-order valence-electron chi connectivity index (χ0n) is 19.0. The number of nitrogens with one attached hydrogen (secondary N) is 1. The van der Waals surface area contributed by atoms with Gasteiger partial charge in [-0.25, -0.2) is 0 Å². The van der Waals surface area contributed by atoms with Crippen LogP contribution in [0, 0.1) is 11.3 Å². The highest BCUT2D eigenvalue weighted by molar-refractivity contribution is 5.76. The lowest BCUT2D eigenvalue weighted by Gasteiger charge is -2.36. The maximum Gasteiger partial charge on any atom is 0.220 e. The summed E-state index contributed by atoms with van der Waals surface area (Å²) in [7, 11) is 0. The number of hydrogen-bond donors (Lipinski definition) is 2. The number of benzene rings is 2. The molecule has 0 aromatic heterocycles. The SMILES string of the molecule is CC(C)(C)C(O)CN1CCC(CC(=O)NCc2ccc(Oc3ccccc3)cc2)CC1. The summed E-state index contributed by atoms with van der Waals surface area (Å²) >= 11 is 0. The lowest BCUT2D eigenvalue weighted by molar-refractivity contribution is -0.122. The zero-order valence-corrected chi connectivity index (χ0v) is 19.0. The molecule has 1 saturated heterocycles. The van der Waals surface area contributed by atoms with Gasteiger partial charge >= 0.3 is 0 Å². The highest BCUT2D eigenvalue weighted by Gasteiger charge is 2.27. The Balaban J connectivity index is 1.36. The Labute approximate surface area is 186 Å². The third-order valence-corrected chi connectivity index (χ3v) is 6.00. The first kappa shape index (κ1) is 23.3. The number of piperidine rings is 1. The number of carbonyl (C=O) groups is 1. The van der Waals surface area contributed by atoms with Crippen LogP contribution in [-0.4, -0.2) is 41.7 Å². The van der Waals surface area contributed by atoms with Gasteiger partial charge in [0.25, 0.3) is 0 Å². The van der Waals surface area contributed by atoms with E-state index in [0.29, 0.717) is 25.4 Å². The highest BCUT2D eigenvalue weighted by atomic mass is 16.5. The molecule has 1 amide bonds. The average Bonchev–Trinajstić information content (AvgIpc) is 2.75. The van der Waals surface area contributed by atoms with Crippen molar-refractivity contribution >= 4 is 5.91 Å². The summed E-state index contributed by atoms with van der Waals surface area (Å²) < 4.78 is 5.80. The number of β-amino-alcohol motifs (C(OH)–C–C–N with tert-alkyl or cyclic N) is 1. The molecule has 2 aromatic carbocycles. The first-order chi connectivity index (χ1) is 14.8. The molecule has 0 spiro atoms. The fraction of sp³-hybridized carbons (Fsp3) is 0.500. The zero-order chi connectivity index (χ0) is 22.3. The number of hydrogen-bond acceptors (Lipinski definition) is 4. The largest absolute Gasteiger partial charge is 0.457 e. The fourth-order valence-corrected chi connectivity index (χ4v) is 3.73. The molecule has 5 nitrogen and oxygen atoms in total. The van der Waals surface area contributed by atoms with Gasteiger partial charge in [-0.05, 0) is 67.1 Å². The van der Waals surface area contributed by atoms with E-state index in [2.05, 4.69) is 31.0 Å². The second kappa shape index (κ2) is 10.8. The van der Waals surface area contributed by atoms with E-state index in [1.807, 2.05) is 54.6 Å². The summed E-state index contributed by atoms with van der Waals surface area (Å²) in [5.41, 5.74) is 0.961. The average molecular weight is 425 g/mol. The summed E-state index contributed by atoms with van der Waals surface area (Å²) in [6, 6.07) is 17.5. The van der Waals surface area contributed by atoms with Gasteiger partial charge in [-0.1, -0.05) is 51.1 Å². The summed E-state index contributed by atoms with van der Waals surface area (Å²) in [4.78, 5) is 14.7. The van der Waals surface area contributed by atoms with Gasteiger partial charge in [0.2, 0.25) is 5.91 Å². The molecule has 1 aliphatic heterocycles. The van der Waals surface area contributed by atoms with Crippen molar-refractivity contribution in [3.8, 4) is 11.5 Å². The van der Waals surface area contributed by atoms with Gasteiger partial charge in [0, 0.05) is 19.5 Å². The van der Waals surface area contributed by atoms with Gasteiger partial charge in [-0.15, -0.1) is 0 Å². The Morgan fingerprint density at radius 2 is 1.68 bits per heavy atom. The van der Waals surface area contributed by atoms with Crippen LogP contribution in [0.15, 0.2) is 54.6 Å². The van der Waals surface area contributed by atoms with Crippen molar-refractivity contribution in [2.45, 2.75) is 52.7 Å². The minimum atomic E-state index is -0.322. The molecule has 0 aliphatic carbocycles. The molecule has 31 heavy (non-hydrogen) atoms. The van der Waals surface area contributed by atoms with Crippen LogP contribution < -0.4 is 10.1 Å². The van der Waals surface area contributed by atoms with Crippen molar-refractivity contribution in [2.75, 3.05) is 19.6 Å². The first-order valence-electron chi connectivity index (χ1n) is 11.3. The van der Waals surface area contributed by atoms with E-state index in [0.717, 1.165) is 43.0 Å². The quantitative estimate of drug-likeness (QED) is 0.650. The van der Waals surface area contributed by atoms with Crippen molar-refractivity contribution in [3.05, 3.63) is 60.2 Å². The van der Waals surface area contributed by atoms with Crippen LogP contribution in [0.4, 0.5) is 0 Å². The van der Waals surface area contributed by atoms with Gasteiger partial charge in [0.15, 0.2) is 0 Å². The predicted octanol–water partition coefficient (Wildman–Crippen LogP) is 4.60. The lowest BCUT2D eigenvalue weighted by Crippen LogP contribution is -2.43. The highest BCUT2D eigenvalue weighted by Crippen LogP contribution is 2.25. The maximum absolute atomic E-state index is 12.4. The molecule has 2 N–H and O–H groups in total. The van der Waals surface area contributed by atoms with E-state index >= 15 is 0 Å². The number of rotatable bonds is 8. The predicted molar refractivity (Wildman–Crippen MR) is 124 cm³/mol. The number of likely N-dealkylation sites (tertiary alicyclic amines) is 1. The summed E-state index contributed by atoms with van der Waals surface area (Å²) in [5, 5.41) is 13.4. The molecule has 0 saturated carbocycles. The van der Waals surface area contributed by atoms with Gasteiger partial charge in [0.05, 0.1) is 6.10 Å². The Bertz CT molecular complexity index is 807.